The zero-order valence-electron chi connectivity index (χ0n) is 6.04. The molecule has 7 heteroatoms. The van der Waals surface area contributed by atoms with Gasteiger partial charge in [0.2, 0.25) is 0 Å². The van der Waals surface area contributed by atoms with Crippen LogP contribution in [0.25, 0.3) is 0 Å². The minimum absolute atomic E-state index is 0.363. The largest absolute Gasteiger partial charge is 0.481 e. The van der Waals surface area contributed by atoms with Gasteiger partial charge in [-0.2, -0.15) is 0 Å². The van der Waals surface area contributed by atoms with E-state index in [1.54, 1.807) is 0 Å². The number of carboxylic acid groups (broad SMARTS) is 2. The quantitative estimate of drug-likeness (QED) is 0.415. The molecule has 0 spiro atoms. The van der Waals surface area contributed by atoms with Crippen LogP contribution in [-0.4, -0.2) is 43.8 Å². The molecule has 0 radical (unpaired) electrons. The first kappa shape index (κ1) is 10.8. The van der Waals surface area contributed by atoms with Crippen molar-refractivity contribution in [2.24, 2.45) is 0 Å². The maximum absolute atomic E-state index is 10.2. The van der Waals surface area contributed by atoms with Crippen LogP contribution >= 0.6 is 0 Å². The zero-order chi connectivity index (χ0) is 9.72. The van der Waals surface area contributed by atoms with Crippen LogP contribution in [0.5, 0.6) is 0 Å². The summed E-state index contributed by atoms with van der Waals surface area (Å²) in [6.45, 7) is 0. The highest BCUT2D eigenvalue weighted by Gasteiger charge is 2.23. The highest BCUT2D eigenvalue weighted by molar-refractivity contribution is 5.74. The van der Waals surface area contributed by atoms with E-state index >= 15 is 0 Å². The number of aliphatic carboxylic acids is 2. The average molecular weight is 179 g/mol. The van der Waals surface area contributed by atoms with Crippen molar-refractivity contribution in [3.05, 3.63) is 0 Å². The Morgan fingerprint density at radius 2 is 1.75 bits per heavy atom. The van der Waals surface area contributed by atoms with Crippen LogP contribution in [-0.2, 0) is 9.59 Å². The van der Waals surface area contributed by atoms with Gasteiger partial charge in [0.05, 0.1) is 0 Å². The van der Waals surface area contributed by atoms with Crippen molar-refractivity contribution in [3.8, 4) is 0 Å². The first-order chi connectivity index (χ1) is 5.45. The standard InChI is InChI=1S/C5H9NO6/c7-4(8)2-1-3(5(9)10)6(11)12/h3,11-12H,1-2H2,(H,7,8)(H,9,10). The molecule has 1 unspecified atom stereocenters. The first-order valence-electron chi connectivity index (χ1n) is 3.06. The average Bonchev–Trinajstić information content (AvgIpc) is 1.84. The summed E-state index contributed by atoms with van der Waals surface area (Å²) in [4.78, 5) is 20.2. The molecule has 0 aliphatic heterocycles. The Labute approximate surface area is 67.4 Å². The van der Waals surface area contributed by atoms with E-state index in [2.05, 4.69) is 0 Å². The Morgan fingerprint density at radius 1 is 1.25 bits per heavy atom. The van der Waals surface area contributed by atoms with Crippen LogP contribution in [0.2, 0.25) is 0 Å². The molecule has 4 N–H and O–H groups in total. The molecule has 0 aromatic heterocycles. The van der Waals surface area contributed by atoms with Crippen LogP contribution < -0.4 is 0 Å². The first-order valence-corrected chi connectivity index (χ1v) is 3.06. The lowest BCUT2D eigenvalue weighted by atomic mass is 10.2. The highest BCUT2D eigenvalue weighted by atomic mass is 16.8. The summed E-state index contributed by atoms with van der Waals surface area (Å²) in [5.74, 6) is -2.68. The molecule has 0 fully saturated rings. The summed E-state index contributed by atoms with van der Waals surface area (Å²) < 4.78 is 0. The second-order valence-electron chi connectivity index (χ2n) is 2.11. The predicted molar refractivity (Wildman–Crippen MR) is 33.7 cm³/mol. The van der Waals surface area contributed by atoms with Crippen molar-refractivity contribution in [2.45, 2.75) is 18.9 Å². The van der Waals surface area contributed by atoms with E-state index in [9.17, 15) is 9.59 Å². The summed E-state index contributed by atoms with van der Waals surface area (Å²) in [7, 11) is 0. The van der Waals surface area contributed by atoms with Crippen molar-refractivity contribution in [1.29, 1.82) is 0 Å². The number of carboxylic acids is 2. The molecule has 0 aliphatic rings. The van der Waals surface area contributed by atoms with E-state index in [0.717, 1.165) is 0 Å². The lowest BCUT2D eigenvalue weighted by Crippen LogP contribution is -2.36. The van der Waals surface area contributed by atoms with Gasteiger partial charge in [-0.05, 0) is 6.42 Å². The van der Waals surface area contributed by atoms with Crippen molar-refractivity contribution >= 4 is 11.9 Å². The molecule has 1 atom stereocenters. The Kier molecular flexibility index (Phi) is 4.19. The van der Waals surface area contributed by atoms with Gasteiger partial charge in [0, 0.05) is 6.42 Å². The molecule has 0 rings (SSSR count). The van der Waals surface area contributed by atoms with Gasteiger partial charge in [-0.1, -0.05) is 5.23 Å². The Hall–Kier alpha value is -1.18. The van der Waals surface area contributed by atoms with E-state index in [-0.39, 0.29) is 6.42 Å². The Bertz CT molecular complexity index is 179. The normalized spacial score (nSPS) is 12.9. The van der Waals surface area contributed by atoms with Gasteiger partial charge in [0.1, 0.15) is 0 Å². The molecule has 0 aromatic rings. The monoisotopic (exact) mass is 179 g/mol. The molecule has 0 heterocycles. The molecule has 0 saturated heterocycles. The molecule has 0 bridgehead atoms. The molecule has 70 valence electrons. The van der Waals surface area contributed by atoms with Crippen molar-refractivity contribution in [3.63, 3.8) is 0 Å². The SMILES string of the molecule is O=C(O)CCC(C(=O)O)N(O)O. The van der Waals surface area contributed by atoms with E-state index in [4.69, 9.17) is 20.6 Å². The molecule has 7 nitrogen and oxygen atoms in total. The number of carbonyl (C=O) groups is 2. The van der Waals surface area contributed by atoms with E-state index in [1.165, 1.54) is 0 Å². The zero-order valence-corrected chi connectivity index (χ0v) is 6.04. The molecule has 0 aromatic carbocycles. The lowest BCUT2D eigenvalue weighted by Gasteiger charge is -2.14. The molecular weight excluding hydrogens is 170 g/mol. The lowest BCUT2D eigenvalue weighted by molar-refractivity contribution is -0.328. The van der Waals surface area contributed by atoms with E-state index < -0.39 is 29.6 Å². The molecule has 0 saturated carbocycles. The van der Waals surface area contributed by atoms with Crippen LogP contribution in [0.1, 0.15) is 12.8 Å². The third kappa shape index (κ3) is 3.86. The number of nitrogens with zero attached hydrogens (tertiary/aromatic N) is 1. The highest BCUT2D eigenvalue weighted by Crippen LogP contribution is 2.02. The fraction of sp³-hybridized carbons (Fsp3) is 0.600. The summed E-state index contributed by atoms with van der Waals surface area (Å²) >= 11 is 0. The number of hydrogen-bond acceptors (Lipinski definition) is 5. The fourth-order valence-corrected chi connectivity index (χ4v) is 0.598. The maximum Gasteiger partial charge on any atom is 0.325 e. The smallest absolute Gasteiger partial charge is 0.325 e. The Morgan fingerprint density at radius 3 is 2.00 bits per heavy atom. The van der Waals surface area contributed by atoms with E-state index in [0.29, 0.717) is 0 Å². The van der Waals surface area contributed by atoms with Gasteiger partial charge < -0.3 is 10.2 Å². The van der Waals surface area contributed by atoms with Crippen molar-refractivity contribution < 1.29 is 30.2 Å². The van der Waals surface area contributed by atoms with Crippen molar-refractivity contribution in [2.75, 3.05) is 0 Å². The number of rotatable bonds is 5. The molecule has 0 aliphatic carbocycles. The summed E-state index contributed by atoms with van der Waals surface area (Å²) in [6, 6.07) is -1.60. The van der Waals surface area contributed by atoms with Gasteiger partial charge in [0.25, 0.3) is 0 Å². The molecule has 0 amide bonds. The van der Waals surface area contributed by atoms with Crippen LogP contribution in [0, 0.1) is 0 Å². The third-order valence-electron chi connectivity index (χ3n) is 1.20. The predicted octanol–water partition coefficient (Wildman–Crippen LogP) is -0.615. The minimum Gasteiger partial charge on any atom is -0.481 e. The topological polar surface area (TPSA) is 118 Å². The van der Waals surface area contributed by atoms with Crippen LogP contribution in [0.15, 0.2) is 0 Å². The second kappa shape index (κ2) is 4.65. The maximum atomic E-state index is 10.2. The van der Waals surface area contributed by atoms with Gasteiger partial charge in [-0.15, -0.1) is 0 Å². The van der Waals surface area contributed by atoms with Crippen LogP contribution in [0.3, 0.4) is 0 Å². The molecular formula is C5H9NO6. The van der Waals surface area contributed by atoms with Gasteiger partial charge in [0.15, 0.2) is 6.04 Å². The van der Waals surface area contributed by atoms with Gasteiger partial charge >= 0.3 is 11.9 Å². The summed E-state index contributed by atoms with van der Waals surface area (Å²) in [5.41, 5.74) is 0. The molecule has 12 heavy (non-hydrogen) atoms. The summed E-state index contributed by atoms with van der Waals surface area (Å²) in [5, 5.41) is 32.6. The van der Waals surface area contributed by atoms with Gasteiger partial charge in [-0.3, -0.25) is 20.0 Å². The van der Waals surface area contributed by atoms with Crippen molar-refractivity contribution in [1.82, 2.24) is 5.23 Å². The van der Waals surface area contributed by atoms with Gasteiger partial charge in [-0.25, -0.2) is 0 Å². The Balaban J connectivity index is 3.97. The van der Waals surface area contributed by atoms with Crippen LogP contribution in [0.4, 0.5) is 0 Å². The van der Waals surface area contributed by atoms with E-state index in [1.807, 2.05) is 0 Å². The summed E-state index contributed by atoms with van der Waals surface area (Å²) in [6.07, 6.45) is -0.799. The minimum atomic E-state index is -1.60. The second-order valence-corrected chi connectivity index (χ2v) is 2.11. The number of hydrogen-bond donors (Lipinski definition) is 4. The fourth-order valence-electron chi connectivity index (χ4n) is 0.598. The third-order valence-corrected chi connectivity index (χ3v) is 1.20. The number of hydroxylamine groups is 2.